The van der Waals surface area contributed by atoms with E-state index in [-0.39, 0.29) is 47.8 Å². The van der Waals surface area contributed by atoms with Crippen LogP contribution in [0.5, 0.6) is 0 Å². The first-order valence-electron chi connectivity index (χ1n) is 41.1. The summed E-state index contributed by atoms with van der Waals surface area (Å²) in [6.45, 7) is 4.06. The molecule has 129 heavy (non-hydrogen) atoms. The Morgan fingerprint density at radius 2 is 1.07 bits per heavy atom. The van der Waals surface area contributed by atoms with Gasteiger partial charge in [0.05, 0.1) is 117 Å². The molecule has 44 heteroatoms. The maximum absolute atomic E-state index is 15.5. The summed E-state index contributed by atoms with van der Waals surface area (Å²) < 4.78 is 53.1. The number of aryl methyl sites for hydroxylation is 1. The fraction of sp³-hybridized carbons (Fsp3) is 0.482. The van der Waals surface area contributed by atoms with Gasteiger partial charge in [0.15, 0.2) is 0 Å². The number of amides is 16. The average Bonchev–Trinajstić information content (AvgIpc) is 1.57. The van der Waals surface area contributed by atoms with E-state index in [1.165, 1.54) is 113 Å². The highest BCUT2D eigenvalue weighted by molar-refractivity contribution is 7.92. The molecule has 0 bridgehead atoms. The van der Waals surface area contributed by atoms with Gasteiger partial charge in [-0.15, -0.1) is 11.3 Å². The molecule has 41 nitrogen and oxygen atoms in total. The number of fused-ring (bicyclic) bond motifs is 6. The molecule has 0 saturated carbocycles. The van der Waals surface area contributed by atoms with Gasteiger partial charge in [-0.1, -0.05) is 32.9 Å². The number of cyclic esters (lactones) is 1. The molecule has 1 aliphatic carbocycles. The van der Waals surface area contributed by atoms with Crippen molar-refractivity contribution in [3.8, 4) is 11.4 Å². The number of ether oxygens (including phenoxy) is 2. The van der Waals surface area contributed by atoms with E-state index in [2.05, 4.69) is 36.9 Å². The van der Waals surface area contributed by atoms with Crippen LogP contribution in [0.25, 0.3) is 32.5 Å². The Hall–Kier alpha value is -13.4. The molecular formula is C85H108FN19O22S2. The van der Waals surface area contributed by atoms with E-state index in [1.54, 1.807) is 55.7 Å². The minimum absolute atomic E-state index is 0.109. The number of halogens is 1. The maximum atomic E-state index is 15.5. The van der Waals surface area contributed by atoms with Gasteiger partial charge in [0, 0.05) is 118 Å². The number of rotatable bonds is 37. The van der Waals surface area contributed by atoms with Gasteiger partial charge < -0.3 is 94.9 Å². The normalized spacial score (nSPS) is 14.1. The minimum atomic E-state index is -3.71. The Labute approximate surface area is 746 Å². The summed E-state index contributed by atoms with van der Waals surface area (Å²) in [4.78, 5) is 259. The van der Waals surface area contributed by atoms with Crippen LogP contribution in [0.15, 0.2) is 63.7 Å². The number of alkyl carbamates (subject to hydrolysis) is 1. The molecule has 2 aliphatic heterocycles. The van der Waals surface area contributed by atoms with Crippen molar-refractivity contribution in [3.63, 3.8) is 0 Å². The Morgan fingerprint density at radius 1 is 0.581 bits per heavy atom. The molecule has 16 amide bonds. The maximum Gasteiger partial charge on any atom is 0.407 e. The molecule has 9 rings (SSSR count). The molecule has 0 saturated heterocycles. The monoisotopic (exact) mass is 1830 g/mol. The fourth-order valence-electron chi connectivity index (χ4n) is 14.3. The van der Waals surface area contributed by atoms with Crippen molar-refractivity contribution >= 4 is 154 Å². The van der Waals surface area contributed by atoms with Crippen LogP contribution in [0.4, 0.5) is 20.6 Å². The predicted molar refractivity (Wildman–Crippen MR) is 466 cm³/mol. The number of anilines is 2. The molecule has 0 fully saturated rings. The number of benzene rings is 3. The van der Waals surface area contributed by atoms with Crippen molar-refractivity contribution < 1.29 is 104 Å². The third kappa shape index (κ3) is 24.9. The summed E-state index contributed by atoms with van der Waals surface area (Å²) in [5.41, 5.74) is 5.72. The van der Waals surface area contributed by atoms with Crippen molar-refractivity contribution in [2.45, 2.75) is 128 Å². The number of hydrogen-bond donors (Lipinski definition) is 6. The van der Waals surface area contributed by atoms with Crippen LogP contribution in [-0.4, -0.2) is 333 Å². The lowest BCUT2D eigenvalue weighted by Crippen LogP contribution is -2.54. The highest BCUT2D eigenvalue weighted by Gasteiger charge is 2.40. The van der Waals surface area contributed by atoms with Gasteiger partial charge in [0.1, 0.15) is 37.2 Å². The first-order valence-corrected chi connectivity index (χ1v) is 43.8. The summed E-state index contributed by atoms with van der Waals surface area (Å²) in [5, 5.41) is 16.8. The summed E-state index contributed by atoms with van der Waals surface area (Å²) in [6.07, 6.45) is 0.489. The Morgan fingerprint density at radius 3 is 1.56 bits per heavy atom. The number of thiazole rings is 1. The third-order valence-electron chi connectivity index (χ3n) is 22.5. The molecule has 0 unspecified atom stereocenters. The third-order valence-corrected chi connectivity index (χ3v) is 25.2. The van der Waals surface area contributed by atoms with Crippen LogP contribution in [-0.2, 0) is 122 Å². The van der Waals surface area contributed by atoms with Crippen LogP contribution >= 0.6 is 11.3 Å². The molecule has 3 aliphatic rings. The lowest BCUT2D eigenvalue weighted by atomic mass is 9.81. The average molecular weight is 1830 g/mol. The van der Waals surface area contributed by atoms with E-state index < -0.39 is 218 Å². The number of nitrogens with one attached hydrogen (secondary N) is 6. The second-order valence-corrected chi connectivity index (χ2v) is 36.1. The van der Waals surface area contributed by atoms with E-state index in [9.17, 15) is 94.7 Å². The van der Waals surface area contributed by atoms with Crippen molar-refractivity contribution in [1.29, 1.82) is 0 Å². The minimum Gasteiger partial charge on any atom is -0.460 e. The number of sulfone groups is 1. The van der Waals surface area contributed by atoms with Crippen molar-refractivity contribution in [2.24, 2.45) is 5.92 Å². The van der Waals surface area contributed by atoms with Gasteiger partial charge in [0.2, 0.25) is 103 Å². The first-order chi connectivity index (χ1) is 60.5. The van der Waals surface area contributed by atoms with Crippen molar-refractivity contribution in [3.05, 3.63) is 110 Å². The van der Waals surface area contributed by atoms with Gasteiger partial charge in [-0.05, 0) is 110 Å². The molecule has 3 aromatic heterocycles. The largest absolute Gasteiger partial charge is 0.460 e. The lowest BCUT2D eigenvalue weighted by Gasteiger charge is -2.29. The van der Waals surface area contributed by atoms with Crippen LogP contribution in [0.1, 0.15) is 111 Å². The number of pyridine rings is 2. The molecule has 694 valence electrons. The lowest BCUT2D eigenvalue weighted by molar-refractivity contribution is -0.148. The number of hydrogen-bond acceptors (Lipinski definition) is 25. The smallest absolute Gasteiger partial charge is 0.407 e. The van der Waals surface area contributed by atoms with Gasteiger partial charge in [-0.25, -0.2) is 27.6 Å². The van der Waals surface area contributed by atoms with Gasteiger partial charge in [-0.2, -0.15) is 0 Å². The zero-order valence-electron chi connectivity index (χ0n) is 74.9. The summed E-state index contributed by atoms with van der Waals surface area (Å²) in [6, 6.07) is 9.21. The van der Waals surface area contributed by atoms with Gasteiger partial charge in [0.25, 0.3) is 5.56 Å². The number of carbonyl (C=O) groups excluding carboxylic acids is 17. The zero-order chi connectivity index (χ0) is 95.4. The first kappa shape index (κ1) is 99.4. The number of nitrogens with zero attached hydrogens (tertiary/aromatic N) is 13. The molecule has 3 aromatic carbocycles. The van der Waals surface area contributed by atoms with Crippen molar-refractivity contribution in [1.82, 2.24) is 84.8 Å². The highest BCUT2D eigenvalue weighted by Crippen LogP contribution is 2.46. The molecule has 6 aromatic rings. The van der Waals surface area contributed by atoms with E-state index in [0.29, 0.717) is 90.8 Å². The second-order valence-electron chi connectivity index (χ2n) is 32.9. The SMILES string of the molecule is CC[C@H]1C(=O)OCc2c1cc1n(c2=O)Cc2c-1nc1cc(F)c(C)c3c1c2[C@@H](NC(=O)OCc1ccc(NC(=O)[C@H](C)NC(=O)[C@@H](NC(=O)CC[C@@H](NC(=O)CN(C)C(=O)CN(C)C(=O)CN(C)C(=O)CN(C)C(=O)CN(C)C(=O)CN(C)C(=O)CN(C)C(=O)CN(C)C(=O)CN(C)C(=O)CN(C)C(C)=O)C(=O)Nc2ccc4nc(S(C)(=O)=O)sc4c2)C(C)C)cc1)CC3. The standard InChI is InChI=1S/C85H108FN19O22S2/c1-18-52-54-30-62-78-55(32-105(62)82(121)56(54)44-126-83(52)122)76-59(26-24-53-46(4)57(86)31-61(91-78)75(53)76)92-84(123)127-43-49-19-21-50(22-20-49)88-79(118)47(5)87-81(120)77(45(2)3)94-64(107)28-27-60(80(119)89-51-23-25-58-63(29-51)128-85(93-58)129(17,124)125)90-65(108)33-96(8)67(110)35-98(10)69(112)37-100(12)71(114)39-102(14)73(116)41-104(16)74(117)42-103(15)72(115)40-101(13)70(113)38-99(11)68(111)36-97(9)66(109)34-95(7)48(6)106/h19-23,25,29-31,45,47,52,59-60,77H,18,24,26-28,32-44H2,1-17H3,(H,87,120)(H,88,118)(H,89,119)(H,90,108)(H,92,123)(H,94,107)/t47-,52+,59-,60+,77-/m0/s1. The van der Waals surface area contributed by atoms with Crippen LogP contribution in [0.2, 0.25) is 0 Å². The summed E-state index contributed by atoms with van der Waals surface area (Å²) >= 11 is 0.842. The van der Waals surface area contributed by atoms with Crippen LogP contribution in [0, 0.1) is 18.7 Å². The zero-order valence-corrected chi connectivity index (χ0v) is 76.5. The topological polar surface area (TPSA) is 495 Å². The van der Waals surface area contributed by atoms with E-state index in [1.807, 2.05) is 6.92 Å². The predicted octanol–water partition coefficient (Wildman–Crippen LogP) is 0.442. The number of likely N-dealkylation sites (N-methyl/N-ethyl adjacent to an activating group) is 10. The molecular weight excluding hydrogens is 1720 g/mol. The Kier molecular flexibility index (Phi) is 32.7. The fourth-order valence-corrected chi connectivity index (χ4v) is 16.2. The Bertz CT molecular complexity index is 5670. The van der Waals surface area contributed by atoms with E-state index in [0.717, 1.165) is 67.3 Å². The van der Waals surface area contributed by atoms with Crippen LogP contribution in [0.3, 0.4) is 0 Å². The number of aromatic nitrogens is 3. The summed E-state index contributed by atoms with van der Waals surface area (Å²) in [7, 11) is 9.30. The number of carbonyl (C=O) groups is 17. The van der Waals surface area contributed by atoms with Gasteiger partial charge >= 0.3 is 12.1 Å². The van der Waals surface area contributed by atoms with Gasteiger partial charge in [-0.3, -0.25) is 81.5 Å². The van der Waals surface area contributed by atoms with Crippen LogP contribution < -0.4 is 37.5 Å². The summed E-state index contributed by atoms with van der Waals surface area (Å²) in [5.74, 6) is -12.5. The molecule has 5 heterocycles. The molecule has 5 atom stereocenters. The van der Waals surface area contributed by atoms with E-state index in [4.69, 9.17) is 14.5 Å². The number of esters is 1. The highest BCUT2D eigenvalue weighted by atomic mass is 32.2. The Balaban J connectivity index is 0.726. The quantitative estimate of drug-likeness (QED) is 0.0288. The molecule has 6 N–H and O–H groups in total. The second kappa shape index (κ2) is 42.5. The van der Waals surface area contributed by atoms with E-state index >= 15 is 4.39 Å². The van der Waals surface area contributed by atoms with Crippen molar-refractivity contribution in [2.75, 3.05) is 153 Å². The molecule has 0 radical (unpaired) electrons. The molecule has 0 spiro atoms.